The molecule has 3 heteroatoms. The van der Waals surface area contributed by atoms with Gasteiger partial charge in [0, 0.05) is 0 Å². The molecule has 0 atom stereocenters. The van der Waals surface area contributed by atoms with Crippen LogP contribution >= 0.6 is 22.5 Å². The number of hydrogen-bond donors (Lipinski definition) is 0. The summed E-state index contributed by atoms with van der Waals surface area (Å²) >= 11 is 0. The van der Waals surface area contributed by atoms with Gasteiger partial charge in [-0.3, -0.25) is 0 Å². The fourth-order valence-electron chi connectivity index (χ4n) is 3.48. The molecule has 4 rings (SSSR count). The lowest BCUT2D eigenvalue weighted by molar-refractivity contribution is 1.53. The third-order valence-corrected chi connectivity index (χ3v) is 19.8. The zero-order valence-corrected chi connectivity index (χ0v) is 19.3. The fourth-order valence-corrected chi connectivity index (χ4v) is 20.1. The Bertz CT molecular complexity index is 827. The molecule has 0 amide bonds. The van der Waals surface area contributed by atoms with Crippen LogP contribution in [0.2, 0.25) is 0 Å². The molecule has 0 aliphatic carbocycles. The van der Waals surface area contributed by atoms with Gasteiger partial charge in [0.05, 0.1) is 0 Å². The van der Waals surface area contributed by atoms with Gasteiger partial charge in [0.1, 0.15) is 0 Å². The molecule has 0 fully saturated rings. The van der Waals surface area contributed by atoms with E-state index in [0.717, 1.165) is 0 Å². The molecule has 0 aliphatic heterocycles. The zero-order chi connectivity index (χ0) is 19.9. The highest BCUT2D eigenvalue weighted by molar-refractivity contribution is 8.66. The number of benzene rings is 4. The summed E-state index contributed by atoms with van der Waals surface area (Å²) in [6, 6.07) is 44.8. The fraction of sp³-hybridized carbons (Fsp3) is 0.0769. The van der Waals surface area contributed by atoms with Crippen molar-refractivity contribution in [3.05, 3.63) is 121 Å². The van der Waals surface area contributed by atoms with Crippen molar-refractivity contribution in [2.75, 3.05) is 6.16 Å². The van der Waals surface area contributed by atoms with Crippen LogP contribution in [0.1, 0.15) is 6.92 Å². The van der Waals surface area contributed by atoms with Crippen molar-refractivity contribution in [1.82, 2.24) is 0 Å². The Balaban J connectivity index is 1.88. The van der Waals surface area contributed by atoms with Gasteiger partial charge >= 0.3 is 0 Å². The van der Waals surface area contributed by atoms with E-state index in [9.17, 15) is 0 Å². The first-order valence-electron chi connectivity index (χ1n) is 9.96. The van der Waals surface area contributed by atoms with Gasteiger partial charge in [-0.15, -0.1) is 0 Å². The van der Waals surface area contributed by atoms with Gasteiger partial charge in [0.15, 0.2) is 0 Å². The minimum Gasteiger partial charge on any atom is -0.0622 e. The van der Waals surface area contributed by atoms with E-state index in [1.807, 2.05) is 0 Å². The Kier molecular flexibility index (Phi) is 7.24. The van der Waals surface area contributed by atoms with Crippen LogP contribution in [0.5, 0.6) is 0 Å². The third kappa shape index (κ3) is 4.85. The van der Waals surface area contributed by atoms with E-state index in [0.29, 0.717) is 0 Å². The second-order valence-corrected chi connectivity index (χ2v) is 17.6. The molecular weight excluding hydrogens is 405 g/mol. The topological polar surface area (TPSA) is 0 Å². The van der Waals surface area contributed by atoms with E-state index in [1.165, 1.54) is 27.4 Å². The summed E-state index contributed by atoms with van der Waals surface area (Å²) < 4.78 is 0. The lowest BCUT2D eigenvalue weighted by Gasteiger charge is -2.35. The molecule has 0 aromatic heterocycles. The van der Waals surface area contributed by atoms with Crippen LogP contribution in [0.25, 0.3) is 0 Å². The van der Waals surface area contributed by atoms with Gasteiger partial charge in [0.25, 0.3) is 0 Å². The van der Waals surface area contributed by atoms with E-state index in [1.54, 1.807) is 0 Å². The van der Waals surface area contributed by atoms with Gasteiger partial charge in [-0.1, -0.05) is 128 Å². The van der Waals surface area contributed by atoms with E-state index >= 15 is 0 Å². The minimum atomic E-state index is -0.407. The van der Waals surface area contributed by atoms with Crippen LogP contribution in [0, 0.1) is 0 Å². The van der Waals surface area contributed by atoms with Crippen molar-refractivity contribution in [3.8, 4) is 0 Å². The molecule has 0 bridgehead atoms. The highest BCUT2D eigenvalue weighted by atomic mass is 32.5. The Morgan fingerprint density at radius 1 is 0.414 bits per heavy atom. The molecule has 0 saturated heterocycles. The average molecular weight is 430 g/mol. The average Bonchev–Trinajstić information content (AvgIpc) is 2.81. The summed E-state index contributed by atoms with van der Waals surface area (Å²) in [6.07, 6.45) is 1.22. The maximum absolute atomic E-state index is 2.40. The van der Waals surface area contributed by atoms with Crippen molar-refractivity contribution in [2.24, 2.45) is 0 Å². The lowest BCUT2D eigenvalue weighted by Crippen LogP contribution is -2.16. The van der Waals surface area contributed by atoms with E-state index < -0.39 is 15.2 Å². The molecular formula is C26H25P3. The molecule has 0 saturated carbocycles. The summed E-state index contributed by atoms with van der Waals surface area (Å²) in [4.78, 5) is 0. The van der Waals surface area contributed by atoms with Crippen molar-refractivity contribution in [1.29, 1.82) is 0 Å². The summed E-state index contributed by atoms with van der Waals surface area (Å²) in [5.41, 5.74) is 0. The molecule has 0 spiro atoms. The molecule has 0 nitrogen and oxygen atoms in total. The van der Waals surface area contributed by atoms with Crippen LogP contribution in [0.4, 0.5) is 0 Å². The summed E-state index contributed by atoms with van der Waals surface area (Å²) in [6.45, 7) is 2.40. The predicted molar refractivity (Wildman–Crippen MR) is 136 cm³/mol. The number of hydrogen-bond acceptors (Lipinski definition) is 0. The van der Waals surface area contributed by atoms with Crippen LogP contribution in [-0.2, 0) is 0 Å². The summed E-state index contributed by atoms with van der Waals surface area (Å²) in [7, 11) is -1.08. The first-order valence-corrected chi connectivity index (χ1v) is 15.6. The molecule has 0 heterocycles. The van der Waals surface area contributed by atoms with Crippen LogP contribution in [0.3, 0.4) is 0 Å². The third-order valence-electron chi connectivity index (χ3n) is 4.75. The Morgan fingerprint density at radius 2 is 0.655 bits per heavy atom. The van der Waals surface area contributed by atoms with Crippen LogP contribution < -0.4 is 21.2 Å². The lowest BCUT2D eigenvalue weighted by atomic mass is 10.4. The predicted octanol–water partition coefficient (Wildman–Crippen LogP) is 6.58. The molecule has 4 aromatic carbocycles. The smallest absolute Gasteiger partial charge is 0.0142 e. The van der Waals surface area contributed by atoms with Gasteiger partial charge < -0.3 is 0 Å². The Labute approximate surface area is 178 Å². The maximum Gasteiger partial charge on any atom is -0.0142 e. The molecule has 0 radical (unpaired) electrons. The van der Waals surface area contributed by atoms with E-state index in [-0.39, 0.29) is 7.30 Å². The van der Waals surface area contributed by atoms with Crippen molar-refractivity contribution < 1.29 is 0 Å². The molecule has 29 heavy (non-hydrogen) atoms. The molecule has 0 unspecified atom stereocenters. The monoisotopic (exact) mass is 430 g/mol. The number of rotatable bonds is 7. The van der Waals surface area contributed by atoms with Crippen LogP contribution in [0.15, 0.2) is 121 Å². The van der Waals surface area contributed by atoms with Crippen molar-refractivity contribution >= 4 is 43.7 Å². The highest BCUT2D eigenvalue weighted by Crippen LogP contribution is 2.84. The summed E-state index contributed by atoms with van der Waals surface area (Å²) in [5, 5.41) is 6.00. The molecule has 0 N–H and O–H groups in total. The summed E-state index contributed by atoms with van der Waals surface area (Å²) in [5.74, 6) is 0. The normalized spacial score (nSPS) is 11.3. The molecule has 0 aliphatic rings. The first kappa shape index (κ1) is 20.4. The van der Waals surface area contributed by atoms with Crippen LogP contribution in [-0.4, -0.2) is 6.16 Å². The first-order chi connectivity index (χ1) is 14.4. The Hall–Kier alpha value is -1.83. The quantitative estimate of drug-likeness (QED) is 0.291. The highest BCUT2D eigenvalue weighted by Gasteiger charge is 2.32. The standard InChI is InChI=1S/C26H25P3/c1-2-27(28(23-15-7-3-8-16-23)24-17-9-4-10-18-24)29(25-19-11-5-12-20-25)26-21-13-6-14-22-26/h3-22H,2H2,1H3. The van der Waals surface area contributed by atoms with E-state index in [2.05, 4.69) is 128 Å². The minimum absolute atomic E-state index is 0.261. The largest absolute Gasteiger partial charge is 0.0622 e. The zero-order valence-electron chi connectivity index (χ0n) is 16.6. The van der Waals surface area contributed by atoms with Gasteiger partial charge in [-0.25, -0.2) is 0 Å². The SMILES string of the molecule is CCP(P(c1ccccc1)c1ccccc1)P(c1ccccc1)c1ccccc1. The maximum atomic E-state index is 2.40. The second kappa shape index (κ2) is 10.3. The van der Waals surface area contributed by atoms with Crippen molar-refractivity contribution in [2.45, 2.75) is 6.92 Å². The molecule has 4 aromatic rings. The second-order valence-electron chi connectivity index (χ2n) is 6.65. The van der Waals surface area contributed by atoms with Crippen molar-refractivity contribution in [3.63, 3.8) is 0 Å². The van der Waals surface area contributed by atoms with Gasteiger partial charge in [-0.05, 0) is 49.9 Å². The van der Waals surface area contributed by atoms with Gasteiger partial charge in [0.2, 0.25) is 0 Å². The van der Waals surface area contributed by atoms with Gasteiger partial charge in [-0.2, -0.15) is 0 Å². The molecule has 144 valence electrons. The Morgan fingerprint density at radius 3 is 0.862 bits per heavy atom. The van der Waals surface area contributed by atoms with E-state index in [4.69, 9.17) is 0 Å².